The molecule has 4 rings (SSSR count). The molecule has 0 aliphatic heterocycles. The molecule has 3 aromatic heterocycles. The Bertz CT molecular complexity index is 1420. The Kier molecular flexibility index (Phi) is 6.55. The second kappa shape index (κ2) is 9.73. The number of carbonyl (C=O) groups excluding carboxylic acids is 2. The first kappa shape index (κ1) is 23.6. The molecule has 180 valence electrons. The second-order valence-corrected chi connectivity index (χ2v) is 7.56. The van der Waals surface area contributed by atoms with Crippen LogP contribution in [0.25, 0.3) is 22.9 Å². The van der Waals surface area contributed by atoms with Crippen LogP contribution in [0.5, 0.6) is 0 Å². The first-order valence-corrected chi connectivity index (χ1v) is 10.4. The molecular formula is C23H21N5O7. The van der Waals surface area contributed by atoms with Gasteiger partial charge in [0, 0.05) is 19.6 Å². The molecule has 0 aliphatic carbocycles. The van der Waals surface area contributed by atoms with E-state index in [0.29, 0.717) is 24.4 Å². The van der Waals surface area contributed by atoms with Crippen molar-refractivity contribution in [3.05, 3.63) is 64.9 Å². The number of aromatic nitrogens is 4. The van der Waals surface area contributed by atoms with Gasteiger partial charge in [0.1, 0.15) is 12.3 Å². The molecule has 3 heterocycles. The molecule has 35 heavy (non-hydrogen) atoms. The topological polar surface area (TPSA) is 177 Å². The maximum absolute atomic E-state index is 12.0. The summed E-state index contributed by atoms with van der Waals surface area (Å²) in [5, 5.41) is 18.0. The fraction of sp³-hybridized carbons (Fsp3) is 0.217. The number of aromatic carboxylic acids is 1. The van der Waals surface area contributed by atoms with E-state index in [-0.39, 0.29) is 46.8 Å². The summed E-state index contributed by atoms with van der Waals surface area (Å²) in [5.41, 5.74) is 6.11. The van der Waals surface area contributed by atoms with E-state index in [0.717, 1.165) is 10.4 Å². The Morgan fingerprint density at radius 1 is 1.11 bits per heavy atom. The van der Waals surface area contributed by atoms with Crippen LogP contribution in [-0.4, -0.2) is 56.5 Å². The molecule has 0 unspecified atom stereocenters. The number of ketones is 1. The predicted molar refractivity (Wildman–Crippen MR) is 120 cm³/mol. The number of carboxylic acid groups (broad SMARTS) is 1. The molecule has 0 radical (unpaired) electrons. The summed E-state index contributed by atoms with van der Waals surface area (Å²) in [6.07, 6.45) is 0.617. The molecule has 12 nitrogen and oxygen atoms in total. The van der Waals surface area contributed by atoms with Crippen LogP contribution < -0.4 is 5.73 Å². The number of hydrogen-bond acceptors (Lipinski definition) is 9. The summed E-state index contributed by atoms with van der Waals surface area (Å²) in [7, 11) is 1.59. The van der Waals surface area contributed by atoms with E-state index < -0.39 is 11.9 Å². The summed E-state index contributed by atoms with van der Waals surface area (Å²) in [5.74, 6) is -2.19. The van der Waals surface area contributed by atoms with Crippen LogP contribution in [0.1, 0.15) is 49.8 Å². The minimum atomic E-state index is -1.32. The minimum Gasteiger partial charge on any atom is -0.476 e. The maximum Gasteiger partial charge on any atom is 0.358 e. The standard InChI is InChI=1S/C23H21N5O7/c1-12(29)16-7-6-15(34-16)11-28-26-17(21(24)30)18(27-28)22-25-19(23(31)32)20(35-22)14-5-3-4-13(10-14)8-9-33-2/h3-7,10H,8-9,11H2,1-2H3,(H2,24,30)(H,31,32). The summed E-state index contributed by atoms with van der Waals surface area (Å²) >= 11 is 0. The fourth-order valence-corrected chi connectivity index (χ4v) is 3.37. The molecule has 0 bridgehead atoms. The molecule has 0 atom stereocenters. The van der Waals surface area contributed by atoms with E-state index in [1.165, 1.54) is 13.0 Å². The Morgan fingerprint density at radius 3 is 2.57 bits per heavy atom. The summed E-state index contributed by atoms with van der Waals surface area (Å²) in [4.78, 5) is 40.6. The SMILES string of the molecule is COCCc1cccc(-c2oc(-c3nn(Cc4ccc(C(C)=O)o4)nc3C(N)=O)nc2C(=O)O)c1. The van der Waals surface area contributed by atoms with Gasteiger partial charge < -0.3 is 24.4 Å². The highest BCUT2D eigenvalue weighted by molar-refractivity contribution is 5.97. The zero-order chi connectivity index (χ0) is 25.1. The average Bonchev–Trinajstić information content (AvgIpc) is 3.56. The number of methoxy groups -OCH3 is 1. The van der Waals surface area contributed by atoms with Gasteiger partial charge in [-0.15, -0.1) is 10.2 Å². The maximum atomic E-state index is 12.0. The van der Waals surface area contributed by atoms with Crippen molar-refractivity contribution >= 4 is 17.7 Å². The molecule has 0 saturated heterocycles. The van der Waals surface area contributed by atoms with E-state index in [9.17, 15) is 19.5 Å². The van der Waals surface area contributed by atoms with E-state index >= 15 is 0 Å². The summed E-state index contributed by atoms with van der Waals surface area (Å²) in [6.45, 7) is 1.84. The number of benzene rings is 1. The lowest BCUT2D eigenvalue weighted by atomic mass is 10.1. The number of carboxylic acids is 1. The van der Waals surface area contributed by atoms with Crippen molar-refractivity contribution in [2.75, 3.05) is 13.7 Å². The molecular weight excluding hydrogens is 458 g/mol. The number of oxazole rings is 1. The van der Waals surface area contributed by atoms with Gasteiger partial charge >= 0.3 is 5.97 Å². The van der Waals surface area contributed by atoms with Crippen molar-refractivity contribution in [1.29, 1.82) is 0 Å². The van der Waals surface area contributed by atoms with E-state index in [1.54, 1.807) is 31.4 Å². The number of amides is 1. The van der Waals surface area contributed by atoms with Crippen LogP contribution >= 0.6 is 0 Å². The van der Waals surface area contributed by atoms with Gasteiger partial charge in [-0.05, 0) is 30.2 Å². The fourth-order valence-electron chi connectivity index (χ4n) is 3.37. The van der Waals surface area contributed by atoms with Gasteiger partial charge in [-0.25, -0.2) is 4.79 Å². The van der Waals surface area contributed by atoms with E-state index in [2.05, 4.69) is 15.2 Å². The van der Waals surface area contributed by atoms with Gasteiger partial charge in [0.2, 0.25) is 0 Å². The van der Waals surface area contributed by atoms with Gasteiger partial charge in [-0.1, -0.05) is 18.2 Å². The first-order chi connectivity index (χ1) is 16.8. The van der Waals surface area contributed by atoms with Gasteiger partial charge in [0.05, 0.1) is 6.61 Å². The Hall–Kier alpha value is -4.58. The molecule has 0 aliphatic rings. The van der Waals surface area contributed by atoms with Crippen LogP contribution in [-0.2, 0) is 17.7 Å². The Balaban J connectivity index is 1.73. The molecule has 1 aromatic carbocycles. The lowest BCUT2D eigenvalue weighted by Crippen LogP contribution is -2.13. The second-order valence-electron chi connectivity index (χ2n) is 7.56. The number of carbonyl (C=O) groups is 3. The number of hydrogen-bond donors (Lipinski definition) is 2. The third kappa shape index (κ3) is 5.01. The third-order valence-corrected chi connectivity index (χ3v) is 5.01. The highest BCUT2D eigenvalue weighted by Gasteiger charge is 2.28. The van der Waals surface area contributed by atoms with Crippen molar-refractivity contribution in [3.8, 4) is 22.9 Å². The summed E-state index contributed by atoms with van der Waals surface area (Å²) < 4.78 is 16.3. The number of furan rings is 1. The normalized spacial score (nSPS) is 11.0. The minimum absolute atomic E-state index is 0.00567. The van der Waals surface area contributed by atoms with Crippen LogP contribution in [0.4, 0.5) is 0 Å². The lowest BCUT2D eigenvalue weighted by Gasteiger charge is -2.03. The number of rotatable bonds is 10. The van der Waals surface area contributed by atoms with Gasteiger partial charge in [-0.3, -0.25) is 9.59 Å². The molecule has 0 saturated carbocycles. The molecule has 1 amide bonds. The molecule has 0 fully saturated rings. The first-order valence-electron chi connectivity index (χ1n) is 10.4. The zero-order valence-electron chi connectivity index (χ0n) is 18.8. The smallest absolute Gasteiger partial charge is 0.358 e. The molecule has 0 spiro atoms. The van der Waals surface area contributed by atoms with Gasteiger partial charge in [-0.2, -0.15) is 9.78 Å². The molecule has 4 aromatic rings. The lowest BCUT2D eigenvalue weighted by molar-refractivity contribution is 0.0691. The number of ether oxygens (including phenoxy) is 1. The number of nitrogens with two attached hydrogens (primary N) is 1. The average molecular weight is 479 g/mol. The molecule has 3 N–H and O–H groups in total. The number of primary amides is 1. The van der Waals surface area contributed by atoms with Crippen molar-refractivity contribution in [3.63, 3.8) is 0 Å². The van der Waals surface area contributed by atoms with Crippen LogP contribution in [0.15, 0.2) is 45.2 Å². The van der Waals surface area contributed by atoms with Gasteiger partial charge in [0.25, 0.3) is 11.8 Å². The molecule has 12 heteroatoms. The van der Waals surface area contributed by atoms with E-state index in [4.69, 9.17) is 19.3 Å². The highest BCUT2D eigenvalue weighted by Crippen LogP contribution is 2.31. The van der Waals surface area contributed by atoms with Gasteiger partial charge in [0.15, 0.2) is 34.4 Å². The third-order valence-electron chi connectivity index (χ3n) is 5.01. The monoisotopic (exact) mass is 479 g/mol. The van der Waals surface area contributed by atoms with Crippen LogP contribution in [0, 0.1) is 0 Å². The van der Waals surface area contributed by atoms with E-state index in [1.807, 2.05) is 6.07 Å². The highest BCUT2D eigenvalue weighted by atomic mass is 16.5. The van der Waals surface area contributed by atoms with Crippen LogP contribution in [0.3, 0.4) is 0 Å². The van der Waals surface area contributed by atoms with Crippen molar-refractivity contribution in [2.24, 2.45) is 5.73 Å². The Labute approximate surface area is 198 Å². The quantitative estimate of drug-likeness (QED) is 0.321. The Morgan fingerprint density at radius 2 is 1.91 bits per heavy atom. The van der Waals surface area contributed by atoms with Crippen molar-refractivity contribution < 1.29 is 33.1 Å². The number of Topliss-reactive ketones (excluding diaryl/α,β-unsaturated/α-hetero) is 1. The van der Waals surface area contributed by atoms with Crippen molar-refractivity contribution in [1.82, 2.24) is 20.0 Å². The van der Waals surface area contributed by atoms with Crippen molar-refractivity contribution in [2.45, 2.75) is 19.9 Å². The zero-order valence-corrected chi connectivity index (χ0v) is 18.8. The predicted octanol–water partition coefficient (Wildman–Crippen LogP) is 2.43. The van der Waals surface area contributed by atoms with Crippen LogP contribution in [0.2, 0.25) is 0 Å². The summed E-state index contributed by atoms with van der Waals surface area (Å²) in [6, 6.07) is 10.2. The number of nitrogens with zero attached hydrogens (tertiary/aromatic N) is 4. The largest absolute Gasteiger partial charge is 0.476 e.